The lowest BCUT2D eigenvalue weighted by molar-refractivity contribution is -0.129. The quantitative estimate of drug-likeness (QED) is 0.762. The Morgan fingerprint density at radius 3 is 2.50 bits per heavy atom. The van der Waals surface area contributed by atoms with Gasteiger partial charge in [-0.2, -0.15) is 0 Å². The van der Waals surface area contributed by atoms with Crippen molar-refractivity contribution in [1.82, 2.24) is 9.88 Å². The van der Waals surface area contributed by atoms with Crippen molar-refractivity contribution < 1.29 is 4.79 Å². The normalized spacial score (nSPS) is 14.4. The Hall–Kier alpha value is -2.20. The van der Waals surface area contributed by atoms with Crippen molar-refractivity contribution in [2.24, 2.45) is 0 Å². The molecule has 4 rings (SSSR count). The zero-order valence-electron chi connectivity index (χ0n) is 13.5. The molecule has 0 bridgehead atoms. The second-order valence-electron chi connectivity index (χ2n) is 6.16. The van der Waals surface area contributed by atoms with Gasteiger partial charge < -0.3 is 9.88 Å². The van der Waals surface area contributed by atoms with Gasteiger partial charge >= 0.3 is 0 Å². The minimum atomic E-state index is 0.243. The lowest BCUT2D eigenvalue weighted by Gasteiger charge is -2.15. The van der Waals surface area contributed by atoms with Crippen LogP contribution in [0.2, 0.25) is 0 Å². The van der Waals surface area contributed by atoms with Gasteiger partial charge in [0.05, 0.1) is 11.4 Å². The van der Waals surface area contributed by atoms with Crippen molar-refractivity contribution in [3.63, 3.8) is 0 Å². The van der Waals surface area contributed by atoms with E-state index in [0.29, 0.717) is 6.42 Å². The summed E-state index contributed by atoms with van der Waals surface area (Å²) in [5, 5.41) is 2.23. The number of benzene rings is 2. The molecule has 3 aromatic rings. The molecular weight excluding hydrogens is 316 g/mol. The predicted octanol–water partition coefficient (Wildman–Crippen LogP) is 4.48. The molecular formula is C20H20N2OS. The number of nitrogens with one attached hydrogen (secondary N) is 1. The van der Waals surface area contributed by atoms with Crippen LogP contribution in [0.25, 0.3) is 10.9 Å². The van der Waals surface area contributed by atoms with Crippen LogP contribution < -0.4 is 0 Å². The van der Waals surface area contributed by atoms with Crippen molar-refractivity contribution in [3.8, 4) is 0 Å². The van der Waals surface area contributed by atoms with E-state index in [4.69, 9.17) is 0 Å². The standard InChI is InChI=1S/C20H20N2OS/c23-19(22-12-6-7-13-22)14-17-16-10-4-5-11-18(16)21-20(17)24-15-8-2-1-3-9-15/h1-5,8-11,21H,6-7,12-14H2. The minimum absolute atomic E-state index is 0.243. The summed E-state index contributed by atoms with van der Waals surface area (Å²) in [6.45, 7) is 1.81. The Balaban J connectivity index is 1.68. The fraction of sp³-hybridized carbons (Fsp3) is 0.250. The number of fused-ring (bicyclic) bond motifs is 1. The monoisotopic (exact) mass is 336 g/mol. The fourth-order valence-electron chi connectivity index (χ4n) is 3.27. The molecule has 0 unspecified atom stereocenters. The van der Waals surface area contributed by atoms with Crippen molar-refractivity contribution in [1.29, 1.82) is 0 Å². The van der Waals surface area contributed by atoms with E-state index in [-0.39, 0.29) is 5.91 Å². The molecule has 0 radical (unpaired) electrons. The van der Waals surface area contributed by atoms with Gasteiger partial charge in [-0.3, -0.25) is 4.79 Å². The summed E-state index contributed by atoms with van der Waals surface area (Å²) in [5.74, 6) is 0.243. The molecule has 1 N–H and O–H groups in total. The SMILES string of the molecule is O=C(Cc1c(Sc2ccccc2)[nH]c2ccccc12)N1CCCC1. The van der Waals surface area contributed by atoms with Gasteiger partial charge in [0.2, 0.25) is 5.91 Å². The summed E-state index contributed by atoms with van der Waals surface area (Å²) in [5.41, 5.74) is 2.22. The number of hydrogen-bond donors (Lipinski definition) is 1. The third-order valence-corrected chi connectivity index (χ3v) is 5.58. The zero-order valence-corrected chi connectivity index (χ0v) is 14.3. The zero-order chi connectivity index (χ0) is 16.4. The van der Waals surface area contributed by atoms with Crippen LogP contribution in [0.3, 0.4) is 0 Å². The van der Waals surface area contributed by atoms with Gasteiger partial charge in [0.25, 0.3) is 0 Å². The number of hydrogen-bond acceptors (Lipinski definition) is 2. The lowest BCUT2D eigenvalue weighted by Crippen LogP contribution is -2.29. The van der Waals surface area contributed by atoms with Gasteiger partial charge in [0.15, 0.2) is 0 Å². The van der Waals surface area contributed by atoms with Gasteiger partial charge in [-0.15, -0.1) is 0 Å². The third kappa shape index (κ3) is 3.06. The number of H-pyrrole nitrogens is 1. The molecule has 1 fully saturated rings. The van der Waals surface area contributed by atoms with Gasteiger partial charge in [-0.05, 0) is 31.0 Å². The van der Waals surface area contributed by atoms with Gasteiger partial charge in [0.1, 0.15) is 0 Å². The Bertz CT molecular complexity index is 850. The summed E-state index contributed by atoms with van der Waals surface area (Å²) < 4.78 is 0. The number of amides is 1. The number of aromatic amines is 1. The van der Waals surface area contributed by atoms with Crippen molar-refractivity contribution in [2.75, 3.05) is 13.1 Å². The first-order valence-corrected chi connectivity index (χ1v) is 9.23. The molecule has 1 aliphatic heterocycles. The Kier molecular flexibility index (Phi) is 4.30. The van der Waals surface area contributed by atoms with E-state index in [0.717, 1.165) is 47.4 Å². The highest BCUT2D eigenvalue weighted by Gasteiger charge is 2.21. The smallest absolute Gasteiger partial charge is 0.227 e. The maximum Gasteiger partial charge on any atom is 0.227 e. The molecule has 4 heteroatoms. The second-order valence-corrected chi connectivity index (χ2v) is 7.24. The Morgan fingerprint density at radius 1 is 1.00 bits per heavy atom. The largest absolute Gasteiger partial charge is 0.349 e. The second kappa shape index (κ2) is 6.73. The maximum atomic E-state index is 12.7. The summed E-state index contributed by atoms with van der Waals surface area (Å²) in [4.78, 5) is 19.3. The minimum Gasteiger partial charge on any atom is -0.349 e. The summed E-state index contributed by atoms with van der Waals surface area (Å²) in [7, 11) is 0. The van der Waals surface area contributed by atoms with Crippen molar-refractivity contribution in [2.45, 2.75) is 29.2 Å². The topological polar surface area (TPSA) is 36.1 Å². The molecule has 0 spiro atoms. The molecule has 2 heterocycles. The first-order valence-electron chi connectivity index (χ1n) is 8.41. The Labute approximate surface area is 146 Å². The van der Waals surface area contributed by atoms with E-state index in [1.165, 1.54) is 4.90 Å². The molecule has 1 aromatic heterocycles. The van der Waals surface area contributed by atoms with E-state index in [1.54, 1.807) is 11.8 Å². The highest BCUT2D eigenvalue weighted by molar-refractivity contribution is 7.99. The number of aromatic nitrogens is 1. The molecule has 0 atom stereocenters. The average Bonchev–Trinajstić information content (AvgIpc) is 3.25. The van der Waals surface area contributed by atoms with E-state index >= 15 is 0 Å². The molecule has 24 heavy (non-hydrogen) atoms. The highest BCUT2D eigenvalue weighted by atomic mass is 32.2. The van der Waals surface area contributed by atoms with Crippen LogP contribution in [0.15, 0.2) is 64.5 Å². The van der Waals surface area contributed by atoms with Crippen LogP contribution >= 0.6 is 11.8 Å². The van der Waals surface area contributed by atoms with Crippen LogP contribution in [-0.4, -0.2) is 28.9 Å². The molecule has 0 aliphatic carbocycles. The van der Waals surface area contributed by atoms with Gasteiger partial charge in [-0.1, -0.05) is 48.2 Å². The maximum absolute atomic E-state index is 12.7. The van der Waals surface area contributed by atoms with Crippen LogP contribution in [-0.2, 0) is 11.2 Å². The molecule has 3 nitrogen and oxygen atoms in total. The number of likely N-dealkylation sites (tertiary alicyclic amines) is 1. The van der Waals surface area contributed by atoms with Crippen LogP contribution in [0.4, 0.5) is 0 Å². The van der Waals surface area contributed by atoms with Gasteiger partial charge in [0, 0.05) is 34.5 Å². The molecule has 1 amide bonds. The number of nitrogens with zero attached hydrogens (tertiary/aromatic N) is 1. The molecule has 1 aliphatic rings. The van der Waals surface area contributed by atoms with E-state index in [2.05, 4.69) is 29.2 Å². The van der Waals surface area contributed by atoms with Gasteiger partial charge in [-0.25, -0.2) is 0 Å². The van der Waals surface area contributed by atoms with E-state index in [9.17, 15) is 4.79 Å². The number of rotatable bonds is 4. The van der Waals surface area contributed by atoms with Crippen molar-refractivity contribution in [3.05, 3.63) is 60.2 Å². The summed E-state index contributed by atoms with van der Waals surface area (Å²) >= 11 is 1.70. The summed E-state index contributed by atoms with van der Waals surface area (Å²) in [6, 6.07) is 18.6. The fourth-order valence-corrected chi connectivity index (χ4v) is 4.27. The Morgan fingerprint density at radius 2 is 1.71 bits per heavy atom. The first kappa shape index (κ1) is 15.3. The lowest BCUT2D eigenvalue weighted by atomic mass is 10.1. The number of para-hydroxylation sites is 1. The first-order chi connectivity index (χ1) is 11.8. The van der Waals surface area contributed by atoms with Crippen LogP contribution in [0.5, 0.6) is 0 Å². The molecule has 122 valence electrons. The molecule has 0 saturated carbocycles. The number of carbonyl (C=O) groups excluding carboxylic acids is 1. The highest BCUT2D eigenvalue weighted by Crippen LogP contribution is 2.35. The van der Waals surface area contributed by atoms with Crippen LogP contribution in [0.1, 0.15) is 18.4 Å². The predicted molar refractivity (Wildman–Crippen MR) is 98.4 cm³/mol. The third-order valence-electron chi connectivity index (χ3n) is 4.52. The van der Waals surface area contributed by atoms with Crippen LogP contribution in [0, 0.1) is 0 Å². The van der Waals surface area contributed by atoms with E-state index in [1.807, 2.05) is 35.2 Å². The average molecular weight is 336 g/mol. The van der Waals surface area contributed by atoms with E-state index < -0.39 is 0 Å². The van der Waals surface area contributed by atoms with Crippen molar-refractivity contribution >= 4 is 28.6 Å². The summed E-state index contributed by atoms with van der Waals surface area (Å²) in [6.07, 6.45) is 2.73. The number of carbonyl (C=O) groups is 1. The molecule has 1 saturated heterocycles. The molecule has 2 aromatic carbocycles.